The van der Waals surface area contributed by atoms with E-state index >= 15 is 0 Å². The molecule has 9 rings (SSSR count). The smallest absolute Gasteiger partial charge is 0.410 e. The summed E-state index contributed by atoms with van der Waals surface area (Å²) in [7, 11) is 3.20. The lowest BCUT2D eigenvalue weighted by molar-refractivity contribution is -0.198. The largest absolute Gasteiger partial charge is 0.415 e. The van der Waals surface area contributed by atoms with Crippen LogP contribution in [0.15, 0.2) is 86.0 Å². The summed E-state index contributed by atoms with van der Waals surface area (Å²) in [6.07, 6.45) is -1.79. The highest BCUT2D eigenvalue weighted by molar-refractivity contribution is 8.15. The number of hydrogen-bond acceptors (Lipinski definition) is 29. The quantitative estimate of drug-likeness (QED) is 0.0233. The Morgan fingerprint density at radius 2 is 0.860 bits per heavy atom. The van der Waals surface area contributed by atoms with Gasteiger partial charge in [0.15, 0.2) is 28.9 Å². The van der Waals surface area contributed by atoms with Crippen LogP contribution in [0.4, 0.5) is 9.59 Å². The lowest BCUT2D eigenvalue weighted by atomic mass is 9.71. The molecule has 0 N–H and O–H groups in total. The SMILES string of the molecule is C.CC(=O)[C@H]1CSC(c2nc3ccc(OC(=O)N(CCOCCOCCC(=O)ON4C(=O)CCC4=O)CCN(C)C(=O)CC(C)(C)C4=C(C)C(=O)C(C)=C(C)C4=O)cc3s2)=N1.CC1=C(C)C(=O)C(C(C)(C)CC(=O)N(C)CCN(CCOCCOCCC(=O)ON2C(=O)CCC2=O)C(=O)Oc2ccc3nc(C)sc3c2)=C(C)C1=O. The molecule has 5 heterocycles. The number of carbonyl (C=O) groups is 15. The number of carbonyl (C=O) groups excluding carboxylic acids is 15. The summed E-state index contributed by atoms with van der Waals surface area (Å²) in [4.78, 5) is 217. The predicted molar refractivity (Wildman–Crippen MR) is 420 cm³/mol. The van der Waals surface area contributed by atoms with Gasteiger partial charge in [0.1, 0.15) is 27.6 Å². The number of hydrogen-bond donors (Lipinski definition) is 0. The number of imide groups is 2. The number of rotatable bonds is 36. The standard InChI is InChI=1S/C41H49N5O12S2.C37H46N4O11S.CH4/c1-23-24(2)37(53)35(25(3)36(23)52)41(5,6)21-33(50)44(7)13-14-45(15-17-56-19-18-55-16-12-34(51)58-46-31(48)10-11-32(46)49)40(54)57-27-8-9-28-30(20-27)60-39(42-28)38-43-29(22-59-38)26(4)47;1-22-23(2)35(47)33(24(3)34(22)46)37(5,6)21-31(44)39(7)13-14-40(36(48)51-26-8-9-27-28(20-26)53-25(4)38-27)15-17-50-19-18-49-16-12-32(45)52-41-29(42)10-11-30(41)43;/h8-9,20,29H,10-19,21-22H2,1-7H3;8-9,20H,10-19,21H2,1-7H3;1H4/t29-;;/m1../s1. The fourth-order valence-electron chi connectivity index (χ4n) is 12.5. The van der Waals surface area contributed by atoms with Gasteiger partial charge in [-0.1, -0.05) is 35.1 Å². The maximum Gasteiger partial charge on any atom is 0.415 e. The lowest BCUT2D eigenvalue weighted by Gasteiger charge is -2.33. The summed E-state index contributed by atoms with van der Waals surface area (Å²) < 4.78 is 35.3. The van der Waals surface area contributed by atoms with Crippen LogP contribution in [-0.4, -0.2) is 251 Å². The van der Waals surface area contributed by atoms with Gasteiger partial charge in [0.2, 0.25) is 11.8 Å². The van der Waals surface area contributed by atoms with E-state index in [2.05, 4.69) is 15.0 Å². The Morgan fingerprint density at radius 3 is 1.25 bits per heavy atom. The number of fused-ring (bicyclic) bond motifs is 2. The van der Waals surface area contributed by atoms with E-state index < -0.39 is 64.6 Å². The normalized spacial score (nSPS) is 16.1. The number of Topliss-reactive ketones (excluding diaryl/α,β-unsaturated/α-hetero) is 5. The fourth-order valence-corrected chi connectivity index (χ4v) is 15.5. The van der Waals surface area contributed by atoms with Crippen LogP contribution >= 0.6 is 34.4 Å². The lowest BCUT2D eigenvalue weighted by Crippen LogP contribution is -2.43. The van der Waals surface area contributed by atoms with Crippen LogP contribution in [-0.2, 0) is 91.0 Å². The number of aryl methyl sites for hydroxylation is 1. The predicted octanol–water partition coefficient (Wildman–Crippen LogP) is 9.01. The molecule has 2 aliphatic carbocycles. The van der Waals surface area contributed by atoms with E-state index in [0.29, 0.717) is 81.8 Å². The number of hydroxylamine groups is 4. The number of likely N-dealkylation sites (N-methyl/N-ethyl adjacent to an activating group) is 2. The molecular weight excluding hydrogens is 1540 g/mol. The monoisotopic (exact) mass is 1640 g/mol. The average Bonchev–Trinajstić information content (AvgIpc) is 1.29. The van der Waals surface area contributed by atoms with Gasteiger partial charge < -0.3 is 57.7 Å². The third-order valence-electron chi connectivity index (χ3n) is 19.3. The van der Waals surface area contributed by atoms with E-state index in [1.54, 1.807) is 120 Å². The Bertz CT molecular complexity index is 4590. The van der Waals surface area contributed by atoms with Gasteiger partial charge >= 0.3 is 24.1 Å². The highest BCUT2D eigenvalue weighted by Gasteiger charge is 2.42. The molecule has 2 aromatic heterocycles. The van der Waals surface area contributed by atoms with Crippen LogP contribution in [0.1, 0.15) is 145 Å². The van der Waals surface area contributed by atoms with Crippen LogP contribution in [0.25, 0.3) is 20.4 Å². The first kappa shape index (κ1) is 91.3. The van der Waals surface area contributed by atoms with Gasteiger partial charge in [-0.25, -0.2) is 29.1 Å². The molecule has 0 unspecified atom stereocenters. The van der Waals surface area contributed by atoms with E-state index in [-0.39, 0.29) is 197 Å². The second-order valence-corrected chi connectivity index (χ2v) is 32.0. The number of benzene rings is 2. The Kier molecular flexibility index (Phi) is 32.7. The highest BCUT2D eigenvalue weighted by Crippen LogP contribution is 2.41. The molecule has 0 saturated carbocycles. The molecular formula is C79H99N9O23S3. The van der Waals surface area contributed by atoms with Crippen LogP contribution in [0.5, 0.6) is 11.5 Å². The summed E-state index contributed by atoms with van der Waals surface area (Å²) in [5.41, 5.74) is 2.51. The first-order valence-corrected chi connectivity index (χ1v) is 39.3. The molecule has 1 atom stereocenters. The Hall–Kier alpha value is -9.91. The van der Waals surface area contributed by atoms with Crippen LogP contribution in [0.3, 0.4) is 0 Å². The van der Waals surface area contributed by atoms with Crippen molar-refractivity contribution in [3.05, 3.63) is 91.0 Å². The van der Waals surface area contributed by atoms with Gasteiger partial charge in [0.25, 0.3) is 23.6 Å². The molecule has 114 heavy (non-hydrogen) atoms. The van der Waals surface area contributed by atoms with E-state index in [4.69, 9.17) is 38.1 Å². The van der Waals surface area contributed by atoms with Crippen LogP contribution in [0.2, 0.25) is 0 Å². The van der Waals surface area contributed by atoms with Crippen molar-refractivity contribution in [3.63, 3.8) is 0 Å². The Morgan fingerprint density at radius 1 is 0.482 bits per heavy atom. The molecule has 32 nitrogen and oxygen atoms in total. The molecule has 0 bridgehead atoms. The zero-order valence-corrected chi connectivity index (χ0v) is 68.4. The molecule has 35 heteroatoms. The molecule has 2 aromatic carbocycles. The van der Waals surface area contributed by atoms with Gasteiger partial charge in [0, 0.05) is 165 Å². The number of thiazole rings is 2. The average molecular weight is 1640 g/mol. The molecule has 4 aromatic rings. The van der Waals surface area contributed by atoms with Crippen molar-refractivity contribution in [1.29, 1.82) is 0 Å². The molecule has 0 spiro atoms. The fraction of sp³-hybridized carbons (Fsp3) is 0.519. The summed E-state index contributed by atoms with van der Waals surface area (Å²) in [5.74, 6) is -4.11. The van der Waals surface area contributed by atoms with Gasteiger partial charge in [-0.15, -0.1) is 44.6 Å². The van der Waals surface area contributed by atoms with Crippen LogP contribution in [0, 0.1) is 17.8 Å². The number of allylic oxidation sites excluding steroid dienone is 8. The summed E-state index contributed by atoms with van der Waals surface area (Å²) in [6.45, 7) is 21.4. The number of aliphatic imine (C=N–C) groups is 1. The van der Waals surface area contributed by atoms with Crippen molar-refractivity contribution in [2.75, 3.05) is 112 Å². The summed E-state index contributed by atoms with van der Waals surface area (Å²) in [6, 6.07) is 9.83. The van der Waals surface area contributed by atoms with Crippen molar-refractivity contribution in [2.24, 2.45) is 15.8 Å². The Balaban J connectivity index is 0.000000315. The second kappa shape index (κ2) is 40.9. The van der Waals surface area contributed by atoms with Crippen molar-refractivity contribution < 1.29 is 110 Å². The number of amides is 8. The molecule has 2 saturated heterocycles. The molecule has 0 radical (unpaired) electrons. The maximum atomic E-state index is 13.7. The van der Waals surface area contributed by atoms with Crippen molar-refractivity contribution in [2.45, 2.75) is 148 Å². The molecule has 616 valence electrons. The number of aromatic nitrogens is 2. The minimum Gasteiger partial charge on any atom is -0.410 e. The molecule has 8 amide bonds. The number of ketones is 5. The second-order valence-electron chi connectivity index (χ2n) is 28.7. The van der Waals surface area contributed by atoms with Gasteiger partial charge in [-0.2, -0.15) is 0 Å². The first-order valence-electron chi connectivity index (χ1n) is 36.7. The number of nitrogens with zero attached hydrogens (tertiary/aromatic N) is 9. The van der Waals surface area contributed by atoms with Crippen molar-refractivity contribution in [3.8, 4) is 11.5 Å². The minimum atomic E-state index is -0.946. The Labute approximate surface area is 672 Å². The maximum absolute atomic E-state index is 13.7. The summed E-state index contributed by atoms with van der Waals surface area (Å²) in [5, 5.41) is 3.20. The van der Waals surface area contributed by atoms with Crippen molar-refractivity contribution >= 4 is 148 Å². The third kappa shape index (κ3) is 23.9. The zero-order chi connectivity index (χ0) is 82.9. The van der Waals surface area contributed by atoms with Crippen molar-refractivity contribution in [1.82, 2.24) is 39.7 Å². The van der Waals surface area contributed by atoms with E-state index in [9.17, 15) is 71.9 Å². The number of thioether (sulfide) groups is 1. The van der Waals surface area contributed by atoms with E-state index in [0.717, 1.165) is 19.9 Å². The van der Waals surface area contributed by atoms with E-state index in [1.807, 2.05) is 6.92 Å². The van der Waals surface area contributed by atoms with E-state index in [1.165, 1.54) is 61.0 Å². The van der Waals surface area contributed by atoms with Gasteiger partial charge in [0.05, 0.1) is 91.1 Å². The first-order chi connectivity index (χ1) is 53.4. The minimum absolute atomic E-state index is 0. The number of ether oxygens (including phenoxy) is 6. The molecule has 3 aliphatic heterocycles. The third-order valence-corrected chi connectivity index (χ3v) is 22.4. The molecule has 5 aliphatic rings. The topological polar surface area (TPSA) is 387 Å². The molecule has 2 fully saturated rings. The van der Waals surface area contributed by atoms with Gasteiger partial charge in [-0.3, -0.25) is 57.7 Å². The zero-order valence-electron chi connectivity index (χ0n) is 65.9. The van der Waals surface area contributed by atoms with Gasteiger partial charge in [-0.05, 0) is 79.7 Å². The van der Waals surface area contributed by atoms with Crippen LogP contribution < -0.4 is 9.47 Å². The highest BCUT2D eigenvalue weighted by atomic mass is 32.2. The summed E-state index contributed by atoms with van der Waals surface area (Å²) >= 11 is 4.32.